The van der Waals surface area contributed by atoms with E-state index < -0.39 is 0 Å². The van der Waals surface area contributed by atoms with E-state index in [1.54, 1.807) is 6.07 Å². The minimum Gasteiger partial charge on any atom is -0.465 e. The van der Waals surface area contributed by atoms with Gasteiger partial charge in [0.05, 0.1) is 12.7 Å². The van der Waals surface area contributed by atoms with Crippen LogP contribution in [0.25, 0.3) is 0 Å². The molecule has 0 saturated heterocycles. The molecule has 0 atom stereocenters. The molecule has 2 nitrogen and oxygen atoms in total. The van der Waals surface area contributed by atoms with Crippen LogP contribution < -0.4 is 0 Å². The third-order valence-electron chi connectivity index (χ3n) is 1.99. The standard InChI is InChI=1S/C11H14O2.C2H6/c1-8(2)9-6-4-5-7-10(9)11(12)13-3;1-2/h4-8H,1-3H3;1-2H3. The molecule has 0 N–H and O–H groups in total. The summed E-state index contributed by atoms with van der Waals surface area (Å²) in [6.45, 7) is 8.11. The van der Waals surface area contributed by atoms with Gasteiger partial charge < -0.3 is 4.74 Å². The first-order valence-corrected chi connectivity index (χ1v) is 5.34. The lowest BCUT2D eigenvalue weighted by Gasteiger charge is -2.09. The third kappa shape index (κ3) is 3.74. The maximum Gasteiger partial charge on any atom is 0.338 e. The van der Waals surface area contributed by atoms with Crippen LogP contribution in [0.2, 0.25) is 0 Å². The van der Waals surface area contributed by atoms with E-state index in [1.165, 1.54) is 7.11 Å². The van der Waals surface area contributed by atoms with Crippen LogP contribution in [0.15, 0.2) is 24.3 Å². The number of benzene rings is 1. The van der Waals surface area contributed by atoms with Crippen LogP contribution in [0.5, 0.6) is 0 Å². The highest BCUT2D eigenvalue weighted by Gasteiger charge is 2.12. The second kappa shape index (κ2) is 7.04. The summed E-state index contributed by atoms with van der Waals surface area (Å²) in [5.74, 6) is 0.0830. The number of hydrogen-bond acceptors (Lipinski definition) is 2. The van der Waals surface area contributed by atoms with E-state index in [0.717, 1.165) is 5.56 Å². The molecule has 1 aromatic rings. The number of esters is 1. The average Bonchev–Trinajstić information content (AvgIpc) is 2.30. The summed E-state index contributed by atoms with van der Waals surface area (Å²) < 4.78 is 4.69. The van der Waals surface area contributed by atoms with E-state index in [-0.39, 0.29) is 5.97 Å². The second-order valence-electron chi connectivity index (χ2n) is 3.23. The van der Waals surface area contributed by atoms with Gasteiger partial charge in [0.1, 0.15) is 0 Å². The molecular weight excluding hydrogens is 188 g/mol. The molecule has 0 aliphatic carbocycles. The van der Waals surface area contributed by atoms with Crippen molar-refractivity contribution < 1.29 is 9.53 Å². The lowest BCUT2D eigenvalue weighted by atomic mass is 9.97. The number of methoxy groups -OCH3 is 1. The van der Waals surface area contributed by atoms with Gasteiger partial charge in [-0.25, -0.2) is 4.79 Å². The number of rotatable bonds is 2. The van der Waals surface area contributed by atoms with Crippen LogP contribution >= 0.6 is 0 Å². The number of carbonyl (C=O) groups excluding carboxylic acids is 1. The molecule has 0 amide bonds. The van der Waals surface area contributed by atoms with Crippen molar-refractivity contribution >= 4 is 5.97 Å². The summed E-state index contributed by atoms with van der Waals surface area (Å²) >= 11 is 0. The Hall–Kier alpha value is -1.31. The van der Waals surface area contributed by atoms with Crippen LogP contribution in [-0.2, 0) is 4.74 Å². The topological polar surface area (TPSA) is 26.3 Å². The SMILES string of the molecule is CC.COC(=O)c1ccccc1C(C)C. The number of ether oxygens (including phenoxy) is 1. The van der Waals surface area contributed by atoms with Crippen LogP contribution in [0, 0.1) is 0 Å². The lowest BCUT2D eigenvalue weighted by molar-refractivity contribution is 0.0599. The first-order chi connectivity index (χ1) is 7.16. The molecule has 0 bridgehead atoms. The predicted octanol–water partition coefficient (Wildman–Crippen LogP) is 3.62. The van der Waals surface area contributed by atoms with Crippen molar-refractivity contribution in [1.29, 1.82) is 0 Å². The summed E-state index contributed by atoms with van der Waals surface area (Å²) in [4.78, 5) is 11.3. The van der Waals surface area contributed by atoms with Gasteiger partial charge in [-0.1, -0.05) is 45.9 Å². The first-order valence-electron chi connectivity index (χ1n) is 5.34. The van der Waals surface area contributed by atoms with Gasteiger partial charge in [-0.3, -0.25) is 0 Å². The van der Waals surface area contributed by atoms with Gasteiger partial charge in [0.15, 0.2) is 0 Å². The van der Waals surface area contributed by atoms with Crippen LogP contribution in [0.3, 0.4) is 0 Å². The predicted molar refractivity (Wildman–Crippen MR) is 63.2 cm³/mol. The maximum absolute atomic E-state index is 11.3. The Bertz CT molecular complexity index is 303. The zero-order chi connectivity index (χ0) is 11.8. The van der Waals surface area contributed by atoms with Crippen molar-refractivity contribution in [1.82, 2.24) is 0 Å². The zero-order valence-electron chi connectivity index (χ0n) is 10.2. The largest absolute Gasteiger partial charge is 0.465 e. The van der Waals surface area contributed by atoms with Crippen molar-refractivity contribution in [2.24, 2.45) is 0 Å². The average molecular weight is 208 g/mol. The van der Waals surface area contributed by atoms with Gasteiger partial charge in [-0.05, 0) is 17.5 Å². The van der Waals surface area contributed by atoms with Crippen molar-refractivity contribution in [2.45, 2.75) is 33.6 Å². The maximum atomic E-state index is 11.3. The van der Waals surface area contributed by atoms with Gasteiger partial charge in [0.25, 0.3) is 0 Å². The van der Waals surface area contributed by atoms with E-state index in [2.05, 4.69) is 18.6 Å². The Morgan fingerprint density at radius 3 is 2.20 bits per heavy atom. The molecule has 1 aromatic carbocycles. The smallest absolute Gasteiger partial charge is 0.338 e. The minimum atomic E-state index is -0.260. The molecule has 0 aliphatic heterocycles. The molecule has 0 aromatic heterocycles. The Balaban J connectivity index is 0.000000921. The molecule has 84 valence electrons. The van der Waals surface area contributed by atoms with Gasteiger partial charge in [-0.15, -0.1) is 0 Å². The molecule has 0 radical (unpaired) electrons. The highest BCUT2D eigenvalue weighted by atomic mass is 16.5. The monoisotopic (exact) mass is 208 g/mol. The third-order valence-corrected chi connectivity index (χ3v) is 1.99. The van der Waals surface area contributed by atoms with Crippen molar-refractivity contribution in [2.75, 3.05) is 7.11 Å². The Kier molecular flexibility index (Phi) is 6.43. The molecule has 0 spiro atoms. The van der Waals surface area contributed by atoms with Gasteiger partial charge in [-0.2, -0.15) is 0 Å². The number of hydrogen-bond donors (Lipinski definition) is 0. The quantitative estimate of drug-likeness (QED) is 0.694. The van der Waals surface area contributed by atoms with Crippen molar-refractivity contribution in [3.05, 3.63) is 35.4 Å². The molecular formula is C13H20O2. The van der Waals surface area contributed by atoms with E-state index in [9.17, 15) is 4.79 Å². The van der Waals surface area contributed by atoms with Gasteiger partial charge in [0, 0.05) is 0 Å². The van der Waals surface area contributed by atoms with Gasteiger partial charge >= 0.3 is 5.97 Å². The molecule has 0 saturated carbocycles. The number of carbonyl (C=O) groups is 1. The highest BCUT2D eigenvalue weighted by molar-refractivity contribution is 5.91. The molecule has 0 unspecified atom stereocenters. The Morgan fingerprint density at radius 2 is 1.73 bits per heavy atom. The normalized spacial score (nSPS) is 9.20. The fourth-order valence-electron chi connectivity index (χ4n) is 1.30. The van der Waals surface area contributed by atoms with Crippen LogP contribution in [-0.4, -0.2) is 13.1 Å². The van der Waals surface area contributed by atoms with Crippen molar-refractivity contribution in [3.8, 4) is 0 Å². The fraction of sp³-hybridized carbons (Fsp3) is 0.462. The Morgan fingerprint density at radius 1 is 1.20 bits per heavy atom. The zero-order valence-corrected chi connectivity index (χ0v) is 10.2. The summed E-state index contributed by atoms with van der Waals surface area (Å²) in [6.07, 6.45) is 0. The molecule has 15 heavy (non-hydrogen) atoms. The van der Waals surface area contributed by atoms with E-state index in [4.69, 9.17) is 0 Å². The molecule has 1 rings (SSSR count). The summed E-state index contributed by atoms with van der Waals surface area (Å²) in [5.41, 5.74) is 1.70. The molecule has 0 fully saturated rings. The van der Waals surface area contributed by atoms with Crippen molar-refractivity contribution in [3.63, 3.8) is 0 Å². The first kappa shape index (κ1) is 13.7. The highest BCUT2D eigenvalue weighted by Crippen LogP contribution is 2.19. The van der Waals surface area contributed by atoms with E-state index in [0.29, 0.717) is 11.5 Å². The second-order valence-corrected chi connectivity index (χ2v) is 3.23. The molecule has 0 aliphatic rings. The lowest BCUT2D eigenvalue weighted by Crippen LogP contribution is -2.06. The molecule has 2 heteroatoms. The Labute approximate surface area is 92.3 Å². The van der Waals surface area contributed by atoms with Crippen LogP contribution in [0.1, 0.15) is 49.5 Å². The van der Waals surface area contributed by atoms with Crippen LogP contribution in [0.4, 0.5) is 0 Å². The van der Waals surface area contributed by atoms with E-state index >= 15 is 0 Å². The molecule has 0 heterocycles. The summed E-state index contributed by atoms with van der Waals surface area (Å²) in [6, 6.07) is 7.53. The summed E-state index contributed by atoms with van der Waals surface area (Å²) in [5, 5.41) is 0. The minimum absolute atomic E-state index is 0.260. The van der Waals surface area contributed by atoms with E-state index in [1.807, 2.05) is 32.0 Å². The summed E-state index contributed by atoms with van der Waals surface area (Å²) in [7, 11) is 1.40. The fourth-order valence-corrected chi connectivity index (χ4v) is 1.30. The van der Waals surface area contributed by atoms with Gasteiger partial charge in [0.2, 0.25) is 0 Å².